The van der Waals surface area contributed by atoms with Gasteiger partial charge in [-0.15, -0.1) is 12.4 Å². The third-order valence-electron chi connectivity index (χ3n) is 5.86. The second-order valence-corrected chi connectivity index (χ2v) is 7.56. The van der Waals surface area contributed by atoms with Crippen LogP contribution in [-0.2, 0) is 17.6 Å². The molecule has 2 aliphatic rings. The van der Waals surface area contributed by atoms with E-state index in [2.05, 4.69) is 36.4 Å². The van der Waals surface area contributed by atoms with Crippen LogP contribution in [0, 0.1) is 5.92 Å². The Morgan fingerprint density at radius 2 is 1.69 bits per heavy atom. The molecular weight excluding hydrogens is 344 g/mol. The van der Waals surface area contributed by atoms with Crippen LogP contribution < -0.4 is 5.73 Å². The van der Waals surface area contributed by atoms with Crippen LogP contribution in [0.5, 0.6) is 0 Å². The fourth-order valence-corrected chi connectivity index (χ4v) is 4.41. The van der Waals surface area contributed by atoms with E-state index in [0.29, 0.717) is 18.9 Å². The number of fused-ring (bicyclic) bond motifs is 1. The van der Waals surface area contributed by atoms with Crippen LogP contribution in [0.15, 0.2) is 54.6 Å². The minimum Gasteiger partial charge on any atom is -0.340 e. The molecule has 0 saturated carbocycles. The van der Waals surface area contributed by atoms with Crippen molar-refractivity contribution in [2.24, 2.45) is 11.7 Å². The molecule has 1 aliphatic carbocycles. The van der Waals surface area contributed by atoms with Gasteiger partial charge < -0.3 is 10.6 Å². The third kappa shape index (κ3) is 3.94. The summed E-state index contributed by atoms with van der Waals surface area (Å²) in [4.78, 5) is 14.8. The van der Waals surface area contributed by atoms with E-state index in [4.69, 9.17) is 5.73 Å². The number of hydrogen-bond acceptors (Lipinski definition) is 2. The molecule has 1 amide bonds. The molecule has 1 saturated heterocycles. The van der Waals surface area contributed by atoms with Gasteiger partial charge >= 0.3 is 0 Å². The second kappa shape index (κ2) is 8.24. The first-order valence-corrected chi connectivity index (χ1v) is 9.36. The molecule has 0 bridgehead atoms. The van der Waals surface area contributed by atoms with E-state index >= 15 is 0 Å². The number of nitrogens with zero attached hydrogens (tertiary/aromatic N) is 1. The highest BCUT2D eigenvalue weighted by atomic mass is 35.5. The Bertz CT molecular complexity index is 749. The van der Waals surface area contributed by atoms with Crippen molar-refractivity contribution < 1.29 is 4.79 Å². The van der Waals surface area contributed by atoms with Crippen molar-refractivity contribution in [1.82, 2.24) is 4.90 Å². The summed E-state index contributed by atoms with van der Waals surface area (Å²) in [5, 5.41) is 0. The van der Waals surface area contributed by atoms with Crippen molar-refractivity contribution in [3.8, 4) is 0 Å². The molecule has 3 nitrogen and oxygen atoms in total. The van der Waals surface area contributed by atoms with E-state index in [9.17, 15) is 4.79 Å². The average Bonchev–Trinajstić information content (AvgIpc) is 3.04. The molecule has 1 aliphatic heterocycles. The zero-order chi connectivity index (χ0) is 17.2. The number of benzene rings is 2. The van der Waals surface area contributed by atoms with E-state index in [1.807, 2.05) is 23.1 Å². The van der Waals surface area contributed by atoms with Crippen LogP contribution >= 0.6 is 12.4 Å². The van der Waals surface area contributed by atoms with Crippen molar-refractivity contribution >= 4 is 18.3 Å². The monoisotopic (exact) mass is 370 g/mol. The van der Waals surface area contributed by atoms with E-state index in [0.717, 1.165) is 25.8 Å². The highest BCUT2D eigenvalue weighted by Crippen LogP contribution is 2.30. The van der Waals surface area contributed by atoms with E-state index in [1.54, 1.807) is 0 Å². The van der Waals surface area contributed by atoms with Gasteiger partial charge in [-0.25, -0.2) is 0 Å². The first-order valence-electron chi connectivity index (χ1n) is 9.36. The lowest BCUT2D eigenvalue weighted by molar-refractivity contribution is -0.131. The van der Waals surface area contributed by atoms with Crippen LogP contribution in [0.1, 0.15) is 35.4 Å². The molecule has 0 radical (unpaired) electrons. The number of amides is 1. The van der Waals surface area contributed by atoms with Crippen LogP contribution in [0.2, 0.25) is 0 Å². The van der Waals surface area contributed by atoms with E-state index in [1.165, 1.54) is 16.7 Å². The predicted octanol–water partition coefficient (Wildman–Crippen LogP) is 3.56. The van der Waals surface area contributed by atoms with Crippen molar-refractivity contribution in [3.05, 3.63) is 71.3 Å². The number of likely N-dealkylation sites (tertiary alicyclic amines) is 1. The van der Waals surface area contributed by atoms with Gasteiger partial charge in [-0.2, -0.15) is 0 Å². The summed E-state index contributed by atoms with van der Waals surface area (Å²) in [6, 6.07) is 19.0. The number of nitrogens with two attached hydrogens (primary N) is 1. The molecule has 2 N–H and O–H groups in total. The predicted molar refractivity (Wildman–Crippen MR) is 108 cm³/mol. The third-order valence-corrected chi connectivity index (χ3v) is 5.86. The highest BCUT2D eigenvalue weighted by Gasteiger charge is 2.34. The largest absolute Gasteiger partial charge is 0.340 e. The summed E-state index contributed by atoms with van der Waals surface area (Å²) in [5.74, 6) is 1.00. The van der Waals surface area contributed by atoms with Gasteiger partial charge in [0.25, 0.3) is 0 Å². The number of carbonyl (C=O) groups is 1. The summed E-state index contributed by atoms with van der Waals surface area (Å²) < 4.78 is 0. The molecule has 0 spiro atoms. The molecule has 2 aromatic rings. The highest BCUT2D eigenvalue weighted by molar-refractivity contribution is 5.85. The minimum absolute atomic E-state index is 0. The van der Waals surface area contributed by atoms with Gasteiger partial charge in [-0.1, -0.05) is 54.6 Å². The molecule has 1 heterocycles. The lowest BCUT2D eigenvalue weighted by Gasteiger charge is -2.26. The topological polar surface area (TPSA) is 46.3 Å². The molecule has 4 heteroatoms. The van der Waals surface area contributed by atoms with Crippen molar-refractivity contribution in [2.45, 2.75) is 37.6 Å². The zero-order valence-corrected chi connectivity index (χ0v) is 15.8. The van der Waals surface area contributed by atoms with Gasteiger partial charge in [0.05, 0.1) is 0 Å². The Kier molecular flexibility index (Phi) is 6.00. The van der Waals surface area contributed by atoms with Gasteiger partial charge in [0.2, 0.25) is 5.91 Å². The molecule has 3 atom stereocenters. The lowest BCUT2D eigenvalue weighted by Crippen LogP contribution is -2.33. The van der Waals surface area contributed by atoms with E-state index < -0.39 is 0 Å². The van der Waals surface area contributed by atoms with Gasteiger partial charge in [0.1, 0.15) is 0 Å². The summed E-state index contributed by atoms with van der Waals surface area (Å²) in [5.41, 5.74) is 10.5. The summed E-state index contributed by atoms with van der Waals surface area (Å²) in [7, 11) is 0. The van der Waals surface area contributed by atoms with Crippen molar-refractivity contribution in [2.75, 3.05) is 13.1 Å². The molecule has 2 aromatic carbocycles. The Labute approximate surface area is 162 Å². The zero-order valence-electron chi connectivity index (χ0n) is 15.0. The fraction of sp³-hybridized carbons (Fsp3) is 0.409. The van der Waals surface area contributed by atoms with E-state index in [-0.39, 0.29) is 30.3 Å². The smallest absolute Gasteiger partial charge is 0.222 e. The van der Waals surface area contributed by atoms with Crippen LogP contribution in [-0.4, -0.2) is 29.9 Å². The SMILES string of the molecule is Cl.N[C@@H]1CN(C(=O)CC2CCc3ccccc3C2)C[C@H]1c1ccccc1. The quantitative estimate of drug-likeness (QED) is 0.897. The van der Waals surface area contributed by atoms with Crippen LogP contribution in [0.4, 0.5) is 0 Å². The molecule has 1 unspecified atom stereocenters. The first kappa shape index (κ1) is 18.9. The molecule has 4 rings (SSSR count). The second-order valence-electron chi connectivity index (χ2n) is 7.56. The van der Waals surface area contributed by atoms with Crippen LogP contribution in [0.3, 0.4) is 0 Å². The normalized spacial score (nSPS) is 24.7. The Morgan fingerprint density at radius 1 is 1.00 bits per heavy atom. The summed E-state index contributed by atoms with van der Waals surface area (Å²) in [6.45, 7) is 1.44. The van der Waals surface area contributed by atoms with Crippen molar-refractivity contribution in [3.63, 3.8) is 0 Å². The Balaban J connectivity index is 0.00000196. The van der Waals surface area contributed by atoms with Gasteiger partial charge in [-0.05, 0) is 41.9 Å². The average molecular weight is 371 g/mol. The van der Waals surface area contributed by atoms with Crippen molar-refractivity contribution in [1.29, 1.82) is 0 Å². The molecular formula is C22H27ClN2O. The van der Waals surface area contributed by atoms with Gasteiger partial charge in [0.15, 0.2) is 0 Å². The maximum absolute atomic E-state index is 12.8. The molecule has 0 aromatic heterocycles. The standard InChI is InChI=1S/C22H26N2O.ClH/c23-21-15-24(14-20(21)18-7-2-1-3-8-18)22(25)13-16-10-11-17-6-4-5-9-19(17)12-16;/h1-9,16,20-21H,10-15,23H2;1H/t16?,20-,21+;/m0./s1. The minimum atomic E-state index is 0. The summed E-state index contributed by atoms with van der Waals surface area (Å²) >= 11 is 0. The number of hydrogen-bond donors (Lipinski definition) is 1. The first-order chi connectivity index (χ1) is 12.2. The maximum Gasteiger partial charge on any atom is 0.222 e. The van der Waals surface area contributed by atoms with Gasteiger partial charge in [-0.3, -0.25) is 4.79 Å². The Morgan fingerprint density at radius 3 is 2.46 bits per heavy atom. The summed E-state index contributed by atoms with van der Waals surface area (Å²) in [6.07, 6.45) is 3.90. The van der Waals surface area contributed by atoms with Crippen LogP contribution in [0.25, 0.3) is 0 Å². The number of halogens is 1. The molecule has 1 fully saturated rings. The molecule has 138 valence electrons. The van der Waals surface area contributed by atoms with Gasteiger partial charge in [0, 0.05) is 31.5 Å². The number of carbonyl (C=O) groups excluding carboxylic acids is 1. The number of aryl methyl sites for hydroxylation is 1. The Hall–Kier alpha value is -1.84. The lowest BCUT2D eigenvalue weighted by atomic mass is 9.82. The maximum atomic E-state index is 12.8. The molecule has 26 heavy (non-hydrogen) atoms. The number of rotatable bonds is 3. The fourth-order valence-electron chi connectivity index (χ4n) is 4.41.